The van der Waals surface area contributed by atoms with Gasteiger partial charge in [-0.25, -0.2) is 0 Å². The van der Waals surface area contributed by atoms with E-state index in [0.717, 1.165) is 44.8 Å². The summed E-state index contributed by atoms with van der Waals surface area (Å²) in [5, 5.41) is 3.05. The highest BCUT2D eigenvalue weighted by Gasteiger charge is 2.24. The first-order chi connectivity index (χ1) is 13.2. The lowest BCUT2D eigenvalue weighted by Gasteiger charge is -2.36. The van der Waals surface area contributed by atoms with E-state index in [4.69, 9.17) is 4.74 Å². The summed E-state index contributed by atoms with van der Waals surface area (Å²) >= 11 is 0. The van der Waals surface area contributed by atoms with E-state index in [1.165, 1.54) is 16.9 Å². The van der Waals surface area contributed by atoms with Gasteiger partial charge in [0.1, 0.15) is 0 Å². The van der Waals surface area contributed by atoms with Crippen LogP contribution in [0.1, 0.15) is 18.9 Å². The lowest BCUT2D eigenvalue weighted by Crippen LogP contribution is -2.42. The number of morpholine rings is 1. The first-order valence-corrected chi connectivity index (χ1v) is 9.78. The molecule has 0 saturated carbocycles. The molecule has 0 unspecified atom stereocenters. The molecule has 1 amide bonds. The van der Waals surface area contributed by atoms with Crippen LogP contribution in [-0.2, 0) is 16.0 Å². The van der Waals surface area contributed by atoms with Crippen molar-refractivity contribution < 1.29 is 9.53 Å². The lowest BCUT2D eigenvalue weighted by molar-refractivity contribution is -0.115. The molecule has 1 atom stereocenters. The molecule has 2 aliphatic heterocycles. The Labute approximate surface area is 160 Å². The van der Waals surface area contributed by atoms with Gasteiger partial charge in [0.15, 0.2) is 0 Å². The fraction of sp³-hybridized carbons (Fsp3) is 0.409. The summed E-state index contributed by atoms with van der Waals surface area (Å²) in [6.07, 6.45) is 2.16. The largest absolute Gasteiger partial charge is 0.378 e. The number of carbonyl (C=O) groups is 1. The number of benzene rings is 2. The van der Waals surface area contributed by atoms with Crippen LogP contribution in [0.25, 0.3) is 0 Å². The average molecular weight is 365 g/mol. The van der Waals surface area contributed by atoms with Crippen LogP contribution in [0.4, 0.5) is 17.1 Å². The molecule has 0 bridgehead atoms. The molecule has 2 aromatic carbocycles. The number of nitrogens with one attached hydrogen (secondary N) is 1. The second-order valence-electron chi connectivity index (χ2n) is 7.34. The maximum atomic E-state index is 12.6. The third-order valence-corrected chi connectivity index (χ3v) is 5.51. The molecule has 5 nitrogen and oxygen atoms in total. The molecule has 0 aromatic heterocycles. The molecule has 0 spiro atoms. The summed E-state index contributed by atoms with van der Waals surface area (Å²) in [4.78, 5) is 17.2. The van der Waals surface area contributed by atoms with Gasteiger partial charge in [-0.15, -0.1) is 0 Å². The zero-order valence-corrected chi connectivity index (χ0v) is 15.9. The highest BCUT2D eigenvalue weighted by Crippen LogP contribution is 2.30. The van der Waals surface area contributed by atoms with Gasteiger partial charge >= 0.3 is 0 Å². The molecule has 5 heteroatoms. The number of aryl methyl sites for hydroxylation is 1. The summed E-state index contributed by atoms with van der Waals surface area (Å²) < 4.78 is 5.40. The van der Waals surface area contributed by atoms with Crippen LogP contribution in [0.5, 0.6) is 0 Å². The van der Waals surface area contributed by atoms with Crippen molar-refractivity contribution in [2.45, 2.75) is 25.8 Å². The third kappa shape index (κ3) is 4.08. The molecular weight excluding hydrogens is 338 g/mol. The first kappa shape index (κ1) is 17.9. The van der Waals surface area contributed by atoms with Crippen molar-refractivity contribution in [2.24, 2.45) is 0 Å². The second kappa shape index (κ2) is 8.01. The zero-order valence-electron chi connectivity index (χ0n) is 15.9. The minimum absolute atomic E-state index is 0.0256. The smallest absolute Gasteiger partial charge is 0.243 e. The molecule has 2 aliphatic rings. The summed E-state index contributed by atoms with van der Waals surface area (Å²) in [6.45, 7) is 5.95. The summed E-state index contributed by atoms with van der Waals surface area (Å²) in [7, 11) is 0. The van der Waals surface area contributed by atoms with E-state index in [0.29, 0.717) is 12.6 Å². The van der Waals surface area contributed by atoms with Gasteiger partial charge in [-0.2, -0.15) is 0 Å². The van der Waals surface area contributed by atoms with E-state index in [-0.39, 0.29) is 5.91 Å². The van der Waals surface area contributed by atoms with E-state index in [2.05, 4.69) is 52.4 Å². The number of carbonyl (C=O) groups excluding carboxylic acids is 1. The zero-order chi connectivity index (χ0) is 18.6. The fourth-order valence-corrected chi connectivity index (χ4v) is 3.93. The predicted octanol–water partition coefficient (Wildman–Crippen LogP) is 3.30. The number of fused-ring (bicyclic) bond motifs is 1. The number of ether oxygens (including phenoxy) is 1. The van der Waals surface area contributed by atoms with Gasteiger partial charge in [0.2, 0.25) is 5.91 Å². The Hall–Kier alpha value is -2.53. The van der Waals surface area contributed by atoms with Crippen LogP contribution < -0.4 is 15.1 Å². The van der Waals surface area contributed by atoms with Crippen molar-refractivity contribution in [1.29, 1.82) is 0 Å². The monoisotopic (exact) mass is 365 g/mol. The highest BCUT2D eigenvalue weighted by atomic mass is 16.5. The van der Waals surface area contributed by atoms with Gasteiger partial charge in [0.05, 0.1) is 19.8 Å². The number of rotatable bonds is 4. The Kier molecular flexibility index (Phi) is 5.30. The standard InChI is InChI=1S/C22H27N3O2/c1-17-6-7-18-4-2-3-5-21(18)25(17)16-22(26)23-19-8-10-20(11-9-19)24-12-14-27-15-13-24/h2-5,8-11,17H,6-7,12-16H2,1H3,(H,23,26)/t17-/m1/s1. The molecule has 0 radical (unpaired) electrons. The Morgan fingerprint density at radius 3 is 2.63 bits per heavy atom. The minimum Gasteiger partial charge on any atom is -0.378 e. The molecule has 4 rings (SSSR count). The van der Waals surface area contributed by atoms with Crippen LogP contribution in [0.2, 0.25) is 0 Å². The topological polar surface area (TPSA) is 44.8 Å². The average Bonchev–Trinajstić information content (AvgIpc) is 2.71. The van der Waals surface area contributed by atoms with Gasteiger partial charge < -0.3 is 19.9 Å². The van der Waals surface area contributed by atoms with Crippen molar-refractivity contribution in [3.63, 3.8) is 0 Å². The van der Waals surface area contributed by atoms with E-state index >= 15 is 0 Å². The van der Waals surface area contributed by atoms with E-state index < -0.39 is 0 Å². The van der Waals surface area contributed by atoms with Gasteiger partial charge in [0, 0.05) is 36.2 Å². The van der Waals surface area contributed by atoms with E-state index in [1.54, 1.807) is 0 Å². The SMILES string of the molecule is C[C@@H]1CCc2ccccc2N1CC(=O)Nc1ccc(N2CCOCC2)cc1. The van der Waals surface area contributed by atoms with Crippen molar-refractivity contribution in [1.82, 2.24) is 0 Å². The Morgan fingerprint density at radius 1 is 1.11 bits per heavy atom. The van der Waals surface area contributed by atoms with Gasteiger partial charge in [-0.3, -0.25) is 4.79 Å². The summed E-state index contributed by atoms with van der Waals surface area (Å²) in [5.41, 5.74) is 4.54. The van der Waals surface area contributed by atoms with Gasteiger partial charge in [-0.05, 0) is 55.7 Å². The van der Waals surface area contributed by atoms with E-state index in [9.17, 15) is 4.79 Å². The Bertz CT molecular complexity index is 784. The molecule has 0 aliphatic carbocycles. The Morgan fingerprint density at radius 2 is 1.85 bits per heavy atom. The molecule has 142 valence electrons. The van der Waals surface area contributed by atoms with Crippen LogP contribution in [0, 0.1) is 0 Å². The minimum atomic E-state index is 0.0256. The number of hydrogen-bond acceptors (Lipinski definition) is 4. The fourth-order valence-electron chi connectivity index (χ4n) is 3.93. The van der Waals surface area contributed by atoms with Gasteiger partial charge in [0.25, 0.3) is 0 Å². The second-order valence-corrected chi connectivity index (χ2v) is 7.34. The van der Waals surface area contributed by atoms with Crippen molar-refractivity contribution in [3.05, 3.63) is 54.1 Å². The maximum absolute atomic E-state index is 12.6. The van der Waals surface area contributed by atoms with Crippen LogP contribution >= 0.6 is 0 Å². The number of nitrogens with zero attached hydrogens (tertiary/aromatic N) is 2. The summed E-state index contributed by atoms with van der Waals surface area (Å²) in [5.74, 6) is 0.0256. The molecular formula is C22H27N3O2. The number of amides is 1. The number of anilines is 3. The van der Waals surface area contributed by atoms with Gasteiger partial charge in [-0.1, -0.05) is 18.2 Å². The van der Waals surface area contributed by atoms with Crippen LogP contribution in [0.3, 0.4) is 0 Å². The predicted molar refractivity (Wildman–Crippen MR) is 110 cm³/mol. The quantitative estimate of drug-likeness (QED) is 0.903. The molecule has 2 aromatic rings. The molecule has 1 saturated heterocycles. The Balaban J connectivity index is 1.39. The van der Waals surface area contributed by atoms with Crippen molar-refractivity contribution in [3.8, 4) is 0 Å². The van der Waals surface area contributed by atoms with Crippen molar-refractivity contribution >= 4 is 23.0 Å². The van der Waals surface area contributed by atoms with Crippen molar-refractivity contribution in [2.75, 3.05) is 48.0 Å². The van der Waals surface area contributed by atoms with Crippen LogP contribution in [-0.4, -0.2) is 44.8 Å². The number of hydrogen-bond donors (Lipinski definition) is 1. The lowest BCUT2D eigenvalue weighted by atomic mass is 9.96. The first-order valence-electron chi connectivity index (χ1n) is 9.78. The van der Waals surface area contributed by atoms with Crippen LogP contribution in [0.15, 0.2) is 48.5 Å². The molecule has 2 heterocycles. The molecule has 27 heavy (non-hydrogen) atoms. The number of para-hydroxylation sites is 1. The van der Waals surface area contributed by atoms with E-state index in [1.807, 2.05) is 18.2 Å². The maximum Gasteiger partial charge on any atom is 0.243 e. The normalized spacial score (nSPS) is 19.5. The third-order valence-electron chi connectivity index (χ3n) is 5.51. The molecule has 1 N–H and O–H groups in total. The molecule has 1 fully saturated rings. The summed E-state index contributed by atoms with van der Waals surface area (Å²) in [6, 6.07) is 16.9. The highest BCUT2D eigenvalue weighted by molar-refractivity contribution is 5.94.